The number of carbonyl (C=O) groups excluding carboxylic acids is 1. The number of para-hydroxylation sites is 1. The monoisotopic (exact) mass is 265 g/mol. The molecule has 0 saturated heterocycles. The van der Waals surface area contributed by atoms with Crippen molar-refractivity contribution < 1.29 is 9.53 Å². The Morgan fingerprint density at radius 3 is 2.74 bits per heavy atom. The molecule has 0 bridgehead atoms. The molecule has 0 radical (unpaired) electrons. The van der Waals surface area contributed by atoms with Gasteiger partial charge in [-0.25, -0.2) is 0 Å². The summed E-state index contributed by atoms with van der Waals surface area (Å²) in [6.07, 6.45) is 0.457. The average Bonchev–Trinajstić information content (AvgIpc) is 2.46. The van der Waals surface area contributed by atoms with Crippen LogP contribution >= 0.6 is 0 Å². The number of hydrogen-bond acceptors (Lipinski definition) is 4. The van der Waals surface area contributed by atoms with Crippen molar-refractivity contribution in [3.8, 4) is 5.75 Å². The quantitative estimate of drug-likeness (QED) is 0.764. The summed E-state index contributed by atoms with van der Waals surface area (Å²) in [5, 5.41) is 2.62. The summed E-state index contributed by atoms with van der Waals surface area (Å²) in [6, 6.07) is 7.87. The van der Waals surface area contributed by atoms with Gasteiger partial charge in [0.05, 0.1) is 13.2 Å². The van der Waals surface area contributed by atoms with Crippen molar-refractivity contribution in [2.24, 2.45) is 5.73 Å². The number of nitrogens with zero attached hydrogens (tertiary/aromatic N) is 1. The molecule has 0 aliphatic heterocycles. The van der Waals surface area contributed by atoms with Crippen LogP contribution in [0.2, 0.25) is 0 Å². The van der Waals surface area contributed by atoms with E-state index in [1.807, 2.05) is 31.3 Å². The third-order valence-corrected chi connectivity index (χ3v) is 3.22. The van der Waals surface area contributed by atoms with Crippen LogP contribution in [0.4, 0.5) is 0 Å². The molecule has 1 amide bonds. The summed E-state index contributed by atoms with van der Waals surface area (Å²) in [5.41, 5.74) is 6.92. The molecule has 1 unspecified atom stereocenters. The van der Waals surface area contributed by atoms with Crippen molar-refractivity contribution in [2.75, 3.05) is 34.3 Å². The highest BCUT2D eigenvalue weighted by Gasteiger charge is 2.19. The van der Waals surface area contributed by atoms with Gasteiger partial charge in [0.2, 0.25) is 5.91 Å². The Balaban J connectivity index is 2.78. The lowest BCUT2D eigenvalue weighted by molar-refractivity contribution is -0.120. The maximum atomic E-state index is 11.3. The van der Waals surface area contributed by atoms with Crippen LogP contribution in [0.1, 0.15) is 18.0 Å². The Labute approximate surface area is 114 Å². The molecule has 0 spiro atoms. The first-order valence-electron chi connectivity index (χ1n) is 6.37. The fourth-order valence-electron chi connectivity index (χ4n) is 2.04. The number of methoxy groups -OCH3 is 1. The van der Waals surface area contributed by atoms with E-state index >= 15 is 0 Å². The molecular formula is C14H23N3O2. The Kier molecular flexibility index (Phi) is 6.32. The smallest absolute Gasteiger partial charge is 0.221 e. The van der Waals surface area contributed by atoms with Crippen molar-refractivity contribution in [1.29, 1.82) is 0 Å². The van der Waals surface area contributed by atoms with Crippen LogP contribution in [0.5, 0.6) is 5.75 Å². The summed E-state index contributed by atoms with van der Waals surface area (Å²) < 4.78 is 5.36. The normalized spacial score (nSPS) is 12.3. The predicted octanol–water partition coefficient (Wildman–Crippen LogP) is 0.763. The highest BCUT2D eigenvalue weighted by molar-refractivity contribution is 5.75. The van der Waals surface area contributed by atoms with Gasteiger partial charge in [0.15, 0.2) is 0 Å². The van der Waals surface area contributed by atoms with Crippen LogP contribution < -0.4 is 15.8 Å². The van der Waals surface area contributed by atoms with Crippen LogP contribution in [0, 0.1) is 0 Å². The number of amides is 1. The number of nitrogens with one attached hydrogen (secondary N) is 1. The van der Waals surface area contributed by atoms with E-state index in [9.17, 15) is 4.79 Å². The first kappa shape index (κ1) is 15.5. The number of hydrogen-bond donors (Lipinski definition) is 2. The Morgan fingerprint density at radius 1 is 1.47 bits per heavy atom. The zero-order chi connectivity index (χ0) is 14.3. The lowest BCUT2D eigenvalue weighted by Gasteiger charge is -2.28. The molecule has 1 aromatic carbocycles. The third kappa shape index (κ3) is 4.22. The molecule has 0 heterocycles. The summed E-state index contributed by atoms with van der Waals surface area (Å²) in [6.45, 7) is 1.13. The Hall–Kier alpha value is -1.59. The first-order chi connectivity index (χ1) is 9.13. The zero-order valence-corrected chi connectivity index (χ0v) is 11.8. The van der Waals surface area contributed by atoms with Gasteiger partial charge in [-0.1, -0.05) is 18.2 Å². The van der Waals surface area contributed by atoms with Crippen molar-refractivity contribution >= 4 is 5.91 Å². The fourth-order valence-corrected chi connectivity index (χ4v) is 2.04. The number of ether oxygens (including phenoxy) is 1. The van der Waals surface area contributed by atoms with Crippen LogP contribution in [0.3, 0.4) is 0 Å². The van der Waals surface area contributed by atoms with Crippen LogP contribution in [-0.2, 0) is 4.79 Å². The van der Waals surface area contributed by atoms with Gasteiger partial charge in [0.25, 0.3) is 0 Å². The Bertz CT molecular complexity index is 409. The minimum absolute atomic E-state index is 0.0302. The van der Waals surface area contributed by atoms with Gasteiger partial charge in [-0.05, 0) is 13.1 Å². The van der Waals surface area contributed by atoms with Gasteiger partial charge in [-0.3, -0.25) is 9.69 Å². The van der Waals surface area contributed by atoms with E-state index in [1.54, 1.807) is 14.2 Å². The molecule has 19 heavy (non-hydrogen) atoms. The van der Waals surface area contributed by atoms with Gasteiger partial charge < -0.3 is 15.8 Å². The molecule has 5 nitrogen and oxygen atoms in total. The maximum absolute atomic E-state index is 11.3. The number of benzene rings is 1. The van der Waals surface area contributed by atoms with Crippen LogP contribution in [0.25, 0.3) is 0 Å². The van der Waals surface area contributed by atoms with E-state index in [1.165, 1.54) is 0 Å². The van der Waals surface area contributed by atoms with E-state index in [-0.39, 0.29) is 11.9 Å². The molecule has 0 saturated carbocycles. The standard InChI is InChI=1S/C14H23N3O2/c1-16-14(18)8-9-17(2)12(10-15)11-6-4-5-7-13(11)19-3/h4-7,12H,8-10,15H2,1-3H3,(H,16,18). The van der Waals surface area contributed by atoms with Crippen molar-refractivity contribution in [2.45, 2.75) is 12.5 Å². The predicted molar refractivity (Wildman–Crippen MR) is 76.1 cm³/mol. The summed E-state index contributed by atoms with van der Waals surface area (Å²) in [4.78, 5) is 13.4. The number of likely N-dealkylation sites (N-methyl/N-ethyl adjacent to an activating group) is 1. The van der Waals surface area contributed by atoms with Crippen LogP contribution in [0.15, 0.2) is 24.3 Å². The van der Waals surface area contributed by atoms with Crippen molar-refractivity contribution in [1.82, 2.24) is 10.2 Å². The van der Waals surface area contributed by atoms with Crippen LogP contribution in [-0.4, -0.2) is 45.1 Å². The highest BCUT2D eigenvalue weighted by Crippen LogP contribution is 2.27. The molecular weight excluding hydrogens is 242 g/mol. The van der Waals surface area contributed by atoms with Gasteiger partial charge in [-0.2, -0.15) is 0 Å². The molecule has 0 aromatic heterocycles. The van der Waals surface area contributed by atoms with Gasteiger partial charge in [-0.15, -0.1) is 0 Å². The SMILES string of the molecule is CNC(=O)CCN(C)C(CN)c1ccccc1OC. The minimum atomic E-state index is 0.0302. The molecule has 1 aromatic rings. The number of carbonyl (C=O) groups is 1. The molecule has 1 rings (SSSR count). The third-order valence-electron chi connectivity index (χ3n) is 3.22. The second-order valence-corrected chi connectivity index (χ2v) is 4.40. The first-order valence-corrected chi connectivity index (χ1v) is 6.37. The molecule has 0 fully saturated rings. The number of nitrogens with two attached hydrogens (primary N) is 1. The van der Waals surface area contributed by atoms with Crippen molar-refractivity contribution in [3.63, 3.8) is 0 Å². The minimum Gasteiger partial charge on any atom is -0.496 e. The fraction of sp³-hybridized carbons (Fsp3) is 0.500. The summed E-state index contributed by atoms with van der Waals surface area (Å²) >= 11 is 0. The Morgan fingerprint density at radius 2 is 2.16 bits per heavy atom. The van der Waals surface area contributed by atoms with Gasteiger partial charge in [0.1, 0.15) is 5.75 Å². The summed E-state index contributed by atoms with van der Waals surface area (Å²) in [7, 11) is 5.26. The molecule has 3 N–H and O–H groups in total. The molecule has 0 aliphatic carbocycles. The highest BCUT2D eigenvalue weighted by atomic mass is 16.5. The van der Waals surface area contributed by atoms with Gasteiger partial charge >= 0.3 is 0 Å². The van der Waals surface area contributed by atoms with E-state index in [2.05, 4.69) is 10.2 Å². The second-order valence-electron chi connectivity index (χ2n) is 4.40. The van der Waals surface area contributed by atoms with E-state index in [0.717, 1.165) is 11.3 Å². The average molecular weight is 265 g/mol. The summed E-state index contributed by atoms with van der Waals surface area (Å²) in [5.74, 6) is 0.854. The maximum Gasteiger partial charge on any atom is 0.221 e. The lowest BCUT2D eigenvalue weighted by atomic mass is 10.0. The number of rotatable bonds is 7. The topological polar surface area (TPSA) is 67.6 Å². The molecule has 0 aliphatic rings. The largest absolute Gasteiger partial charge is 0.496 e. The molecule has 1 atom stereocenters. The second kappa shape index (κ2) is 7.76. The van der Waals surface area contributed by atoms with E-state index in [0.29, 0.717) is 19.5 Å². The zero-order valence-electron chi connectivity index (χ0n) is 11.8. The van der Waals surface area contributed by atoms with Gasteiger partial charge in [0, 0.05) is 32.1 Å². The molecule has 5 heteroatoms. The van der Waals surface area contributed by atoms with E-state index in [4.69, 9.17) is 10.5 Å². The molecule has 106 valence electrons. The van der Waals surface area contributed by atoms with E-state index < -0.39 is 0 Å². The van der Waals surface area contributed by atoms with Crippen molar-refractivity contribution in [3.05, 3.63) is 29.8 Å². The lowest BCUT2D eigenvalue weighted by Crippen LogP contribution is -2.33.